The van der Waals surface area contributed by atoms with Crippen LogP contribution in [0.4, 0.5) is 13.2 Å². The van der Waals surface area contributed by atoms with E-state index in [2.05, 4.69) is 18.8 Å². The van der Waals surface area contributed by atoms with Crippen molar-refractivity contribution in [1.29, 1.82) is 0 Å². The summed E-state index contributed by atoms with van der Waals surface area (Å²) >= 11 is 0. The summed E-state index contributed by atoms with van der Waals surface area (Å²) in [5.74, 6) is -1.12. The molecule has 0 heterocycles. The topological polar surface area (TPSA) is 29.1 Å². The third-order valence-corrected chi connectivity index (χ3v) is 2.43. The lowest BCUT2D eigenvalue weighted by Gasteiger charge is -2.10. The van der Waals surface area contributed by atoms with Gasteiger partial charge in [-0.2, -0.15) is 13.2 Å². The van der Waals surface area contributed by atoms with Crippen LogP contribution in [-0.4, -0.2) is 18.6 Å². The summed E-state index contributed by atoms with van der Waals surface area (Å²) in [6, 6.07) is 0. The van der Waals surface area contributed by atoms with Gasteiger partial charge in [0.1, 0.15) is 5.57 Å². The highest BCUT2D eigenvalue weighted by atomic mass is 19.4. The number of alkyl halides is 3. The number of hydrogen-bond donors (Lipinski definition) is 1. The molecule has 100 valence electrons. The smallest absolute Gasteiger partial charge is 0.352 e. The maximum atomic E-state index is 12.1. The maximum Gasteiger partial charge on any atom is 0.421 e. The number of halogens is 3. The van der Waals surface area contributed by atoms with Crippen LogP contribution in [0.1, 0.15) is 45.4 Å². The Morgan fingerprint density at radius 3 is 2.18 bits per heavy atom. The standard InChI is InChI=1S/C12H20F3NO/c1-3-4-5-6-7-8-9-16-11(17)10(2)12(13,14)15/h2-9H2,1H3,(H,16,17). The summed E-state index contributed by atoms with van der Waals surface area (Å²) in [6.45, 7) is 5.12. The number of rotatable bonds is 8. The predicted molar refractivity (Wildman–Crippen MR) is 61.6 cm³/mol. The average molecular weight is 251 g/mol. The minimum atomic E-state index is -4.63. The second-order valence-corrected chi connectivity index (χ2v) is 4.00. The largest absolute Gasteiger partial charge is 0.421 e. The highest BCUT2D eigenvalue weighted by Crippen LogP contribution is 2.23. The molecule has 0 aromatic carbocycles. The Bertz CT molecular complexity index is 249. The maximum absolute atomic E-state index is 12.1. The van der Waals surface area contributed by atoms with Crippen LogP contribution in [0.25, 0.3) is 0 Å². The van der Waals surface area contributed by atoms with E-state index in [9.17, 15) is 18.0 Å². The highest BCUT2D eigenvalue weighted by Gasteiger charge is 2.36. The van der Waals surface area contributed by atoms with Gasteiger partial charge in [0, 0.05) is 6.54 Å². The van der Waals surface area contributed by atoms with E-state index in [1.54, 1.807) is 0 Å². The van der Waals surface area contributed by atoms with E-state index in [1.165, 1.54) is 6.42 Å². The van der Waals surface area contributed by atoms with Crippen molar-refractivity contribution in [3.63, 3.8) is 0 Å². The summed E-state index contributed by atoms with van der Waals surface area (Å²) in [7, 11) is 0. The Kier molecular flexibility index (Phi) is 7.66. The normalized spacial score (nSPS) is 11.3. The van der Waals surface area contributed by atoms with Crippen molar-refractivity contribution in [2.75, 3.05) is 6.54 Å². The molecule has 0 bridgehead atoms. The van der Waals surface area contributed by atoms with Crippen LogP contribution in [-0.2, 0) is 4.79 Å². The SMILES string of the molecule is C=C(C(=O)NCCCCCCCC)C(F)(F)F. The molecule has 0 saturated heterocycles. The molecule has 0 saturated carbocycles. The lowest BCUT2D eigenvalue weighted by molar-refractivity contribution is -0.130. The fourth-order valence-corrected chi connectivity index (χ4v) is 1.34. The third-order valence-electron chi connectivity index (χ3n) is 2.43. The number of carbonyl (C=O) groups excluding carboxylic acids is 1. The van der Waals surface area contributed by atoms with Crippen molar-refractivity contribution in [1.82, 2.24) is 5.32 Å². The molecule has 0 atom stereocenters. The van der Waals surface area contributed by atoms with Crippen molar-refractivity contribution in [2.24, 2.45) is 0 Å². The summed E-state index contributed by atoms with van der Waals surface area (Å²) in [6.07, 6.45) is 1.54. The van der Waals surface area contributed by atoms with E-state index < -0.39 is 17.7 Å². The molecule has 1 N–H and O–H groups in total. The van der Waals surface area contributed by atoms with Crippen LogP contribution in [0, 0.1) is 0 Å². The van der Waals surface area contributed by atoms with Crippen LogP contribution in [0.15, 0.2) is 12.2 Å². The molecule has 0 unspecified atom stereocenters. The van der Waals surface area contributed by atoms with Gasteiger partial charge in [-0.1, -0.05) is 45.6 Å². The van der Waals surface area contributed by atoms with Gasteiger partial charge in [-0.25, -0.2) is 0 Å². The second-order valence-electron chi connectivity index (χ2n) is 4.00. The Hall–Kier alpha value is -1.00. The van der Waals surface area contributed by atoms with Gasteiger partial charge < -0.3 is 5.32 Å². The number of carbonyl (C=O) groups is 1. The van der Waals surface area contributed by atoms with Crippen molar-refractivity contribution < 1.29 is 18.0 Å². The lowest BCUT2D eigenvalue weighted by Crippen LogP contribution is -2.31. The Morgan fingerprint density at radius 1 is 1.12 bits per heavy atom. The van der Waals surface area contributed by atoms with Crippen molar-refractivity contribution in [3.8, 4) is 0 Å². The molecule has 0 spiro atoms. The first-order chi connectivity index (χ1) is 7.89. The zero-order chi connectivity index (χ0) is 13.3. The number of nitrogens with one attached hydrogen (secondary N) is 1. The lowest BCUT2D eigenvalue weighted by atomic mass is 10.1. The minimum Gasteiger partial charge on any atom is -0.352 e. The van der Waals surface area contributed by atoms with Crippen LogP contribution in [0.5, 0.6) is 0 Å². The first kappa shape index (κ1) is 16.0. The Labute approximate surface area is 100 Å². The first-order valence-corrected chi connectivity index (χ1v) is 5.94. The monoisotopic (exact) mass is 251 g/mol. The highest BCUT2D eigenvalue weighted by molar-refractivity contribution is 5.93. The molecule has 5 heteroatoms. The van der Waals surface area contributed by atoms with Gasteiger partial charge >= 0.3 is 6.18 Å². The van der Waals surface area contributed by atoms with Gasteiger partial charge in [0.15, 0.2) is 0 Å². The molecular formula is C12H20F3NO. The molecule has 0 aromatic heterocycles. The molecule has 0 rings (SSSR count). The van der Waals surface area contributed by atoms with Crippen LogP contribution >= 0.6 is 0 Å². The van der Waals surface area contributed by atoms with E-state index >= 15 is 0 Å². The number of unbranched alkanes of at least 4 members (excludes halogenated alkanes) is 5. The van der Waals surface area contributed by atoms with Gasteiger partial charge in [-0.05, 0) is 6.42 Å². The van der Waals surface area contributed by atoms with Crippen molar-refractivity contribution >= 4 is 5.91 Å². The third kappa shape index (κ3) is 7.82. The quantitative estimate of drug-likeness (QED) is 0.518. The molecule has 0 radical (unpaired) electrons. The van der Waals surface area contributed by atoms with E-state index in [4.69, 9.17) is 0 Å². The fourth-order valence-electron chi connectivity index (χ4n) is 1.34. The van der Waals surface area contributed by atoms with Gasteiger partial charge in [-0.15, -0.1) is 0 Å². The van der Waals surface area contributed by atoms with Crippen LogP contribution in [0.3, 0.4) is 0 Å². The van der Waals surface area contributed by atoms with E-state index in [-0.39, 0.29) is 6.54 Å². The minimum absolute atomic E-state index is 0.278. The van der Waals surface area contributed by atoms with E-state index in [0.717, 1.165) is 25.7 Å². The molecule has 17 heavy (non-hydrogen) atoms. The zero-order valence-corrected chi connectivity index (χ0v) is 10.2. The molecule has 0 aliphatic rings. The van der Waals surface area contributed by atoms with Crippen LogP contribution in [0.2, 0.25) is 0 Å². The molecule has 0 aromatic rings. The summed E-state index contributed by atoms with van der Waals surface area (Å²) in [5.41, 5.74) is -1.33. The summed E-state index contributed by atoms with van der Waals surface area (Å²) in [4.78, 5) is 11.0. The van der Waals surface area contributed by atoms with Crippen molar-refractivity contribution in [2.45, 2.75) is 51.6 Å². The van der Waals surface area contributed by atoms with Gasteiger partial charge in [-0.3, -0.25) is 4.79 Å². The summed E-state index contributed by atoms with van der Waals surface area (Å²) < 4.78 is 36.2. The molecule has 0 aliphatic heterocycles. The molecule has 0 aliphatic carbocycles. The molecule has 0 fully saturated rings. The van der Waals surface area contributed by atoms with E-state index in [1.807, 2.05) is 0 Å². The van der Waals surface area contributed by atoms with Gasteiger partial charge in [0.2, 0.25) is 0 Å². The van der Waals surface area contributed by atoms with Gasteiger partial charge in [0.25, 0.3) is 5.91 Å². The fraction of sp³-hybridized carbons (Fsp3) is 0.750. The zero-order valence-electron chi connectivity index (χ0n) is 10.2. The van der Waals surface area contributed by atoms with E-state index in [0.29, 0.717) is 6.42 Å². The molecule has 1 amide bonds. The second kappa shape index (κ2) is 8.14. The Morgan fingerprint density at radius 2 is 1.65 bits per heavy atom. The summed E-state index contributed by atoms with van der Waals surface area (Å²) in [5, 5.41) is 2.22. The predicted octanol–water partition coefficient (Wildman–Crippen LogP) is 3.58. The molecular weight excluding hydrogens is 231 g/mol. The van der Waals surface area contributed by atoms with Crippen molar-refractivity contribution in [3.05, 3.63) is 12.2 Å². The number of hydrogen-bond acceptors (Lipinski definition) is 1. The molecule has 2 nitrogen and oxygen atoms in total. The number of amides is 1. The average Bonchev–Trinajstić information content (AvgIpc) is 2.25. The van der Waals surface area contributed by atoms with Gasteiger partial charge in [0.05, 0.1) is 0 Å². The first-order valence-electron chi connectivity index (χ1n) is 5.94. The Balaban J connectivity index is 3.56. The van der Waals surface area contributed by atoms with Crippen LogP contribution < -0.4 is 5.32 Å².